The molecule has 0 radical (unpaired) electrons. The molecule has 2 aliphatic rings. The number of hydrogen-bond donors (Lipinski definition) is 1. The van der Waals surface area contributed by atoms with Gasteiger partial charge in [0.25, 0.3) is 5.91 Å². The van der Waals surface area contributed by atoms with E-state index in [1.807, 2.05) is 18.9 Å². The quantitative estimate of drug-likeness (QED) is 0.632. The first-order chi connectivity index (χ1) is 15.8. The monoisotopic (exact) mass is 464 g/mol. The molecule has 1 fully saturated rings. The Morgan fingerprint density at radius 3 is 2.48 bits per heavy atom. The Labute approximate surface area is 197 Å². The molecule has 2 aromatic heterocycles. The normalized spacial score (nSPS) is 16.5. The highest BCUT2D eigenvalue weighted by Gasteiger charge is 2.32. The van der Waals surface area contributed by atoms with E-state index in [9.17, 15) is 4.79 Å². The van der Waals surface area contributed by atoms with Gasteiger partial charge in [-0.2, -0.15) is 4.98 Å². The number of fused-ring (bicyclic) bond motifs is 2. The van der Waals surface area contributed by atoms with Crippen LogP contribution < -0.4 is 20.0 Å². The molecule has 1 N–H and O–H groups in total. The zero-order valence-electron chi connectivity index (χ0n) is 19.6. The Kier molecular flexibility index (Phi) is 5.41. The smallest absolute Gasteiger partial charge is 0.279 e. The Morgan fingerprint density at radius 1 is 1.00 bits per heavy atom. The Morgan fingerprint density at radius 2 is 1.76 bits per heavy atom. The molecule has 0 unspecified atom stereocenters. The molecule has 1 saturated heterocycles. The Hall–Kier alpha value is -3.24. The number of amides is 1. The molecule has 10 heteroatoms. The lowest BCUT2D eigenvalue weighted by Gasteiger charge is -2.34. The third-order valence-corrected chi connectivity index (χ3v) is 7.33. The van der Waals surface area contributed by atoms with Gasteiger partial charge in [-0.05, 0) is 44.7 Å². The van der Waals surface area contributed by atoms with Crippen LogP contribution in [0.25, 0.3) is 0 Å². The van der Waals surface area contributed by atoms with Crippen LogP contribution in [0, 0.1) is 13.8 Å². The van der Waals surface area contributed by atoms with Gasteiger partial charge < -0.3 is 24.9 Å². The zero-order valence-corrected chi connectivity index (χ0v) is 20.4. The van der Waals surface area contributed by atoms with Crippen molar-refractivity contribution in [3.63, 3.8) is 0 Å². The number of anilines is 6. The second-order valence-electron chi connectivity index (χ2n) is 8.63. The highest BCUT2D eigenvalue weighted by Crippen LogP contribution is 2.41. The van der Waals surface area contributed by atoms with Crippen LogP contribution in [0.15, 0.2) is 24.4 Å². The summed E-state index contributed by atoms with van der Waals surface area (Å²) in [6.45, 7) is 8.22. The second kappa shape index (κ2) is 8.27. The predicted octanol–water partition coefficient (Wildman–Crippen LogP) is 3.40. The summed E-state index contributed by atoms with van der Waals surface area (Å²) in [6, 6.07) is 6.44. The van der Waals surface area contributed by atoms with Crippen LogP contribution in [0.3, 0.4) is 0 Å². The van der Waals surface area contributed by atoms with Gasteiger partial charge in [-0.1, -0.05) is 0 Å². The van der Waals surface area contributed by atoms with Crippen molar-refractivity contribution in [2.24, 2.45) is 0 Å². The Bertz CT molecular complexity index is 1220. The number of carbonyl (C=O) groups is 1. The minimum absolute atomic E-state index is 0.153. The molecular formula is C23H28N8OS. The van der Waals surface area contributed by atoms with Crippen molar-refractivity contribution in [1.29, 1.82) is 0 Å². The first kappa shape index (κ1) is 21.6. The maximum atomic E-state index is 12.9. The summed E-state index contributed by atoms with van der Waals surface area (Å²) in [5, 5.41) is 5.00. The minimum atomic E-state index is -0.153. The summed E-state index contributed by atoms with van der Waals surface area (Å²) in [5.41, 5.74) is 4.43. The number of likely N-dealkylation sites (N-methyl/N-ethyl adjacent to an activating group) is 1. The average molecular weight is 465 g/mol. The molecule has 2 aliphatic heterocycles. The van der Waals surface area contributed by atoms with E-state index >= 15 is 0 Å². The van der Waals surface area contributed by atoms with Crippen LogP contribution in [-0.4, -0.2) is 73.1 Å². The third-order valence-electron chi connectivity index (χ3n) is 6.28. The van der Waals surface area contributed by atoms with Gasteiger partial charge in [0, 0.05) is 51.6 Å². The van der Waals surface area contributed by atoms with E-state index in [0.717, 1.165) is 47.4 Å². The van der Waals surface area contributed by atoms with E-state index < -0.39 is 0 Å². The number of hydrogen-bond acceptors (Lipinski definition) is 9. The summed E-state index contributed by atoms with van der Waals surface area (Å²) >= 11 is 1.49. The van der Waals surface area contributed by atoms with Gasteiger partial charge in [0.2, 0.25) is 5.95 Å². The van der Waals surface area contributed by atoms with Crippen molar-refractivity contribution in [2.45, 2.75) is 13.8 Å². The van der Waals surface area contributed by atoms with Crippen LogP contribution in [0.2, 0.25) is 0 Å². The number of piperazine rings is 1. The molecule has 9 nitrogen and oxygen atoms in total. The molecule has 0 atom stereocenters. The number of nitrogens with one attached hydrogen (secondary N) is 1. The molecular weight excluding hydrogens is 436 g/mol. The maximum absolute atomic E-state index is 12.9. The van der Waals surface area contributed by atoms with Gasteiger partial charge in [0.15, 0.2) is 11.5 Å². The summed E-state index contributed by atoms with van der Waals surface area (Å²) in [4.78, 5) is 34.9. The van der Waals surface area contributed by atoms with E-state index in [1.165, 1.54) is 17.0 Å². The molecule has 1 aromatic carbocycles. The van der Waals surface area contributed by atoms with E-state index in [0.29, 0.717) is 23.1 Å². The van der Waals surface area contributed by atoms with Crippen molar-refractivity contribution >= 4 is 51.1 Å². The SMILES string of the molecule is Cc1nc2c(s1)N(C)c1nc(Nc3ccc(N4CCN(C)CC4)cc3C)ncc1N(C)C2=O. The number of thiazole rings is 1. The molecule has 33 heavy (non-hydrogen) atoms. The number of nitrogens with zero attached hydrogens (tertiary/aromatic N) is 7. The van der Waals surface area contributed by atoms with Crippen LogP contribution in [0.1, 0.15) is 21.1 Å². The van der Waals surface area contributed by atoms with Crippen LogP contribution in [0.4, 0.5) is 33.8 Å². The summed E-state index contributed by atoms with van der Waals surface area (Å²) in [6.07, 6.45) is 1.69. The highest BCUT2D eigenvalue weighted by atomic mass is 32.1. The van der Waals surface area contributed by atoms with Gasteiger partial charge >= 0.3 is 0 Å². The van der Waals surface area contributed by atoms with Gasteiger partial charge in [0.1, 0.15) is 10.7 Å². The minimum Gasteiger partial charge on any atom is -0.369 e. The molecule has 5 rings (SSSR count). The largest absolute Gasteiger partial charge is 0.369 e. The zero-order chi connectivity index (χ0) is 23.3. The number of benzene rings is 1. The summed E-state index contributed by atoms with van der Waals surface area (Å²) < 4.78 is 0. The fourth-order valence-electron chi connectivity index (χ4n) is 4.23. The van der Waals surface area contributed by atoms with Crippen molar-refractivity contribution in [1.82, 2.24) is 19.9 Å². The number of rotatable bonds is 3. The number of aryl methyl sites for hydroxylation is 2. The standard InChI is InChI=1S/C23H28N8OS/c1-14-12-16(31-10-8-28(3)9-11-31)6-7-17(14)26-23-24-13-18-20(27-23)30(5)22-19(21(32)29(18)4)25-15(2)33-22/h6-7,12-13H,8-11H2,1-5H3,(H,24,26,27). The van der Waals surface area contributed by atoms with E-state index in [2.05, 4.69) is 57.3 Å². The maximum Gasteiger partial charge on any atom is 0.279 e. The molecule has 1 amide bonds. The predicted molar refractivity (Wildman–Crippen MR) is 134 cm³/mol. The summed E-state index contributed by atoms with van der Waals surface area (Å²) in [5.74, 6) is 0.999. The second-order valence-corrected chi connectivity index (χ2v) is 9.81. The molecule has 0 aliphatic carbocycles. The number of carbonyl (C=O) groups excluding carboxylic acids is 1. The first-order valence-corrected chi connectivity index (χ1v) is 11.8. The average Bonchev–Trinajstić information content (AvgIpc) is 3.18. The molecule has 0 spiro atoms. The molecule has 4 heterocycles. The lowest BCUT2D eigenvalue weighted by Crippen LogP contribution is -2.44. The lowest BCUT2D eigenvalue weighted by molar-refractivity contribution is 0.0990. The molecule has 172 valence electrons. The van der Waals surface area contributed by atoms with Gasteiger partial charge in [-0.15, -0.1) is 11.3 Å². The van der Waals surface area contributed by atoms with Crippen molar-refractivity contribution in [3.8, 4) is 0 Å². The summed E-state index contributed by atoms with van der Waals surface area (Å²) in [7, 11) is 5.81. The van der Waals surface area contributed by atoms with Gasteiger partial charge in [-0.25, -0.2) is 9.97 Å². The lowest BCUT2D eigenvalue weighted by atomic mass is 10.1. The van der Waals surface area contributed by atoms with Crippen LogP contribution >= 0.6 is 11.3 Å². The highest BCUT2D eigenvalue weighted by molar-refractivity contribution is 7.16. The first-order valence-electron chi connectivity index (χ1n) is 11.0. The third kappa shape index (κ3) is 3.89. The van der Waals surface area contributed by atoms with E-state index in [4.69, 9.17) is 4.98 Å². The number of aromatic nitrogens is 3. The molecule has 3 aromatic rings. The topological polar surface area (TPSA) is 80.7 Å². The van der Waals surface area contributed by atoms with E-state index in [1.54, 1.807) is 18.1 Å². The van der Waals surface area contributed by atoms with Crippen LogP contribution in [-0.2, 0) is 0 Å². The van der Waals surface area contributed by atoms with Gasteiger partial charge in [0.05, 0.1) is 11.2 Å². The molecule has 0 saturated carbocycles. The van der Waals surface area contributed by atoms with Crippen LogP contribution in [0.5, 0.6) is 0 Å². The van der Waals surface area contributed by atoms with Crippen molar-refractivity contribution in [2.75, 3.05) is 67.3 Å². The van der Waals surface area contributed by atoms with Crippen molar-refractivity contribution in [3.05, 3.63) is 40.7 Å². The fraction of sp³-hybridized carbons (Fsp3) is 0.391. The Balaban J connectivity index is 1.43. The molecule has 0 bridgehead atoms. The van der Waals surface area contributed by atoms with E-state index in [-0.39, 0.29) is 5.91 Å². The van der Waals surface area contributed by atoms with Gasteiger partial charge in [-0.3, -0.25) is 4.79 Å². The fourth-order valence-corrected chi connectivity index (χ4v) is 5.10. The van der Waals surface area contributed by atoms with Crippen molar-refractivity contribution < 1.29 is 4.79 Å².